The molecule has 0 radical (unpaired) electrons. The van der Waals surface area contributed by atoms with E-state index in [2.05, 4.69) is 20.2 Å². The molecule has 1 atom stereocenters. The molecule has 1 aromatic rings. The minimum atomic E-state index is 0.00734. The molecule has 1 unspecified atom stereocenters. The van der Waals surface area contributed by atoms with Crippen molar-refractivity contribution in [3.63, 3.8) is 0 Å². The monoisotopic (exact) mass is 373 g/mol. The van der Waals surface area contributed by atoms with Crippen LogP contribution in [0.3, 0.4) is 0 Å². The number of amides is 1. The van der Waals surface area contributed by atoms with Crippen molar-refractivity contribution in [3.8, 4) is 0 Å². The van der Waals surface area contributed by atoms with Crippen LogP contribution in [0, 0.1) is 18.8 Å². The predicted molar refractivity (Wildman–Crippen MR) is 103 cm³/mol. The van der Waals surface area contributed by atoms with E-state index in [9.17, 15) is 4.79 Å². The number of hydrogen-bond acceptors (Lipinski definition) is 6. The Morgan fingerprint density at radius 3 is 2.70 bits per heavy atom. The Morgan fingerprint density at radius 1 is 1.19 bits per heavy atom. The molecule has 3 aliphatic rings. The van der Waals surface area contributed by atoms with Gasteiger partial charge >= 0.3 is 0 Å². The highest BCUT2D eigenvalue weighted by molar-refractivity contribution is 5.78. The lowest BCUT2D eigenvalue weighted by atomic mass is 9.95. The molecule has 1 aromatic heterocycles. The van der Waals surface area contributed by atoms with E-state index in [1.54, 1.807) is 6.20 Å². The van der Waals surface area contributed by atoms with Crippen molar-refractivity contribution in [2.45, 2.75) is 38.7 Å². The normalized spacial score (nSPS) is 25.0. The Kier molecular flexibility index (Phi) is 5.88. The lowest BCUT2D eigenvalue weighted by Crippen LogP contribution is -2.51. The molecule has 4 rings (SSSR count). The molecule has 0 bridgehead atoms. The molecule has 0 spiro atoms. The number of hydrogen-bond donors (Lipinski definition) is 1. The summed E-state index contributed by atoms with van der Waals surface area (Å²) in [5.41, 5.74) is 0. The maximum absolute atomic E-state index is 12.3. The lowest BCUT2D eigenvalue weighted by molar-refractivity contribution is -0.149. The summed E-state index contributed by atoms with van der Waals surface area (Å²) in [5, 5.41) is 3.30. The molecule has 3 heterocycles. The van der Waals surface area contributed by atoms with Gasteiger partial charge in [0.05, 0.1) is 6.10 Å². The fourth-order valence-corrected chi connectivity index (χ4v) is 4.08. The van der Waals surface area contributed by atoms with Gasteiger partial charge in [-0.1, -0.05) is 0 Å². The van der Waals surface area contributed by atoms with Crippen LogP contribution in [0.1, 0.15) is 31.5 Å². The zero-order valence-corrected chi connectivity index (χ0v) is 16.3. The number of aryl methyl sites for hydroxylation is 1. The first-order chi connectivity index (χ1) is 13.2. The van der Waals surface area contributed by atoms with E-state index in [1.807, 2.05) is 17.9 Å². The van der Waals surface area contributed by atoms with E-state index in [1.165, 1.54) is 45.3 Å². The first-order valence-corrected chi connectivity index (χ1v) is 10.3. The van der Waals surface area contributed by atoms with E-state index >= 15 is 0 Å². The molecule has 1 N–H and O–H groups in total. The number of carbonyl (C=O) groups excluding carboxylic acids is 1. The van der Waals surface area contributed by atoms with Crippen LogP contribution in [0.2, 0.25) is 0 Å². The number of nitrogens with zero attached hydrogens (tertiary/aromatic N) is 4. The smallest absolute Gasteiger partial charge is 0.248 e. The van der Waals surface area contributed by atoms with Gasteiger partial charge in [0.25, 0.3) is 0 Å². The number of anilines is 1. The molecule has 1 aliphatic carbocycles. The minimum absolute atomic E-state index is 0.00734. The Labute approximate surface area is 161 Å². The van der Waals surface area contributed by atoms with Crippen LogP contribution in [0.25, 0.3) is 0 Å². The van der Waals surface area contributed by atoms with Crippen LogP contribution in [0.4, 0.5) is 5.82 Å². The summed E-state index contributed by atoms with van der Waals surface area (Å²) in [5.74, 6) is 3.27. The molecule has 1 amide bonds. The van der Waals surface area contributed by atoms with Gasteiger partial charge < -0.3 is 19.9 Å². The van der Waals surface area contributed by atoms with Gasteiger partial charge in [0.15, 0.2) is 0 Å². The van der Waals surface area contributed by atoms with Crippen molar-refractivity contribution >= 4 is 11.7 Å². The van der Waals surface area contributed by atoms with Gasteiger partial charge in [-0.25, -0.2) is 9.97 Å². The van der Waals surface area contributed by atoms with Crippen molar-refractivity contribution in [2.75, 3.05) is 51.2 Å². The Morgan fingerprint density at radius 2 is 1.96 bits per heavy atom. The predicted octanol–water partition coefficient (Wildman–Crippen LogP) is 1.55. The van der Waals surface area contributed by atoms with Gasteiger partial charge in [0.1, 0.15) is 18.2 Å². The summed E-state index contributed by atoms with van der Waals surface area (Å²) in [6.45, 7) is 7.93. The van der Waals surface area contributed by atoms with Gasteiger partial charge in [-0.2, -0.15) is 0 Å². The Balaban J connectivity index is 1.22. The fraction of sp³-hybridized carbons (Fsp3) is 0.750. The molecular formula is C20H31N5O2. The van der Waals surface area contributed by atoms with Crippen molar-refractivity contribution in [1.82, 2.24) is 19.8 Å². The van der Waals surface area contributed by atoms with Crippen molar-refractivity contribution in [3.05, 3.63) is 18.1 Å². The van der Waals surface area contributed by atoms with Gasteiger partial charge in [-0.05, 0) is 63.6 Å². The number of carbonyl (C=O) groups is 1. The molecule has 2 saturated heterocycles. The van der Waals surface area contributed by atoms with Gasteiger partial charge in [-0.3, -0.25) is 4.79 Å². The second-order valence-electron chi connectivity index (χ2n) is 8.29. The third kappa shape index (κ3) is 5.39. The average molecular weight is 374 g/mol. The van der Waals surface area contributed by atoms with Crippen LogP contribution >= 0.6 is 0 Å². The van der Waals surface area contributed by atoms with E-state index < -0.39 is 0 Å². The fourth-order valence-electron chi connectivity index (χ4n) is 4.08. The number of likely N-dealkylation sites (tertiary alicyclic amines) is 1. The minimum Gasteiger partial charge on any atom is -0.367 e. The van der Waals surface area contributed by atoms with Gasteiger partial charge in [0.2, 0.25) is 5.91 Å². The summed E-state index contributed by atoms with van der Waals surface area (Å²) in [6.07, 6.45) is 7.02. The highest BCUT2D eigenvalue weighted by atomic mass is 16.5. The average Bonchev–Trinajstić information content (AvgIpc) is 3.48. The molecule has 27 heavy (non-hydrogen) atoms. The lowest BCUT2D eigenvalue weighted by Gasteiger charge is -2.38. The van der Waals surface area contributed by atoms with Crippen LogP contribution in [0.5, 0.6) is 0 Å². The Bertz CT molecular complexity index is 643. The maximum Gasteiger partial charge on any atom is 0.248 e. The topological polar surface area (TPSA) is 70.6 Å². The van der Waals surface area contributed by atoms with Gasteiger partial charge in [-0.15, -0.1) is 0 Å². The number of rotatable bonds is 7. The molecule has 1 saturated carbocycles. The molecule has 2 aliphatic heterocycles. The summed E-state index contributed by atoms with van der Waals surface area (Å²) >= 11 is 0. The SMILES string of the molecule is Cc1nccc(NCC2CN(CC3CCN(CC4CC4)CC3)C(=O)CO2)n1. The number of aromatic nitrogens is 2. The molecular weight excluding hydrogens is 342 g/mol. The quantitative estimate of drug-likeness (QED) is 0.782. The second kappa shape index (κ2) is 8.52. The van der Waals surface area contributed by atoms with Crippen molar-refractivity contribution in [2.24, 2.45) is 11.8 Å². The third-order valence-corrected chi connectivity index (χ3v) is 5.91. The van der Waals surface area contributed by atoms with Crippen LogP contribution in [-0.2, 0) is 9.53 Å². The van der Waals surface area contributed by atoms with Crippen molar-refractivity contribution < 1.29 is 9.53 Å². The van der Waals surface area contributed by atoms with E-state index in [0.29, 0.717) is 19.0 Å². The first-order valence-electron chi connectivity index (χ1n) is 10.3. The van der Waals surface area contributed by atoms with Crippen LogP contribution < -0.4 is 5.32 Å². The second-order valence-corrected chi connectivity index (χ2v) is 8.29. The molecule has 7 heteroatoms. The summed E-state index contributed by atoms with van der Waals surface area (Å²) < 4.78 is 5.72. The highest BCUT2D eigenvalue weighted by Crippen LogP contribution is 2.31. The number of morpholine rings is 1. The van der Waals surface area contributed by atoms with E-state index in [0.717, 1.165) is 24.1 Å². The molecule has 3 fully saturated rings. The zero-order chi connectivity index (χ0) is 18.6. The van der Waals surface area contributed by atoms with E-state index in [4.69, 9.17) is 4.74 Å². The van der Waals surface area contributed by atoms with Gasteiger partial charge in [0, 0.05) is 32.4 Å². The Hall–Kier alpha value is -1.73. The standard InChI is InChI=1S/C20H31N5O2/c1-15-21-7-4-19(23-15)22-10-18-13-25(20(26)14-27-18)12-17-5-8-24(9-6-17)11-16-2-3-16/h4,7,16-18H,2-3,5-6,8-14H2,1H3,(H,21,22,23). The van der Waals surface area contributed by atoms with E-state index in [-0.39, 0.29) is 18.6 Å². The number of ether oxygens (including phenoxy) is 1. The zero-order valence-electron chi connectivity index (χ0n) is 16.3. The maximum atomic E-state index is 12.3. The summed E-state index contributed by atoms with van der Waals surface area (Å²) in [4.78, 5) is 25.4. The largest absolute Gasteiger partial charge is 0.367 e. The molecule has 148 valence electrons. The van der Waals surface area contributed by atoms with Crippen LogP contribution in [-0.4, -0.2) is 77.7 Å². The molecule has 0 aromatic carbocycles. The summed E-state index contributed by atoms with van der Waals surface area (Å²) in [7, 11) is 0. The number of piperidine rings is 1. The summed E-state index contributed by atoms with van der Waals surface area (Å²) in [6, 6.07) is 1.86. The van der Waals surface area contributed by atoms with Crippen LogP contribution in [0.15, 0.2) is 12.3 Å². The van der Waals surface area contributed by atoms with Crippen molar-refractivity contribution in [1.29, 1.82) is 0 Å². The molecule has 7 nitrogen and oxygen atoms in total. The number of nitrogens with one attached hydrogen (secondary N) is 1. The first kappa shape index (κ1) is 18.6. The highest BCUT2D eigenvalue weighted by Gasteiger charge is 2.31. The third-order valence-electron chi connectivity index (χ3n) is 5.91.